The topological polar surface area (TPSA) is 83.1 Å². The SMILES string of the molecule is COC(=O)c1ccc(NC(=O)c2cc(OC)c(OC)cc2OC)cc1. The van der Waals surface area contributed by atoms with Crippen LogP contribution in [0.4, 0.5) is 5.69 Å². The summed E-state index contributed by atoms with van der Waals surface area (Å²) in [6.07, 6.45) is 0. The Morgan fingerprint density at radius 2 is 1.36 bits per heavy atom. The van der Waals surface area contributed by atoms with Crippen LogP contribution in [0.3, 0.4) is 0 Å². The zero-order valence-corrected chi connectivity index (χ0v) is 14.4. The van der Waals surface area contributed by atoms with Crippen molar-refractivity contribution in [1.29, 1.82) is 0 Å². The van der Waals surface area contributed by atoms with E-state index in [4.69, 9.17) is 14.2 Å². The molecule has 0 spiro atoms. The molecule has 7 nitrogen and oxygen atoms in total. The number of ether oxygens (including phenoxy) is 4. The maximum absolute atomic E-state index is 12.6. The molecule has 0 saturated carbocycles. The van der Waals surface area contributed by atoms with Crippen LogP contribution in [-0.2, 0) is 4.74 Å². The van der Waals surface area contributed by atoms with E-state index in [-0.39, 0.29) is 11.5 Å². The van der Waals surface area contributed by atoms with Crippen molar-refractivity contribution >= 4 is 17.6 Å². The summed E-state index contributed by atoms with van der Waals surface area (Å²) in [5, 5.41) is 2.74. The lowest BCUT2D eigenvalue weighted by molar-refractivity contribution is 0.0600. The molecule has 0 radical (unpaired) electrons. The standard InChI is InChI=1S/C18H19NO6/c1-22-14-10-16(24-3)15(23-2)9-13(14)17(20)19-12-7-5-11(6-8-12)18(21)25-4/h5-10H,1-4H3,(H,19,20). The Kier molecular flexibility index (Phi) is 5.84. The van der Waals surface area contributed by atoms with E-state index in [1.54, 1.807) is 30.3 Å². The summed E-state index contributed by atoms with van der Waals surface area (Å²) in [6, 6.07) is 9.46. The van der Waals surface area contributed by atoms with Gasteiger partial charge in [0.25, 0.3) is 5.91 Å². The van der Waals surface area contributed by atoms with Crippen LogP contribution in [0.15, 0.2) is 36.4 Å². The lowest BCUT2D eigenvalue weighted by atomic mass is 10.1. The van der Waals surface area contributed by atoms with E-state index in [1.165, 1.54) is 34.5 Å². The molecule has 1 amide bonds. The van der Waals surface area contributed by atoms with E-state index in [2.05, 4.69) is 10.1 Å². The van der Waals surface area contributed by atoms with Crippen molar-refractivity contribution in [2.45, 2.75) is 0 Å². The third-order valence-corrected chi connectivity index (χ3v) is 3.51. The molecular weight excluding hydrogens is 326 g/mol. The molecule has 2 aromatic carbocycles. The molecule has 132 valence electrons. The van der Waals surface area contributed by atoms with E-state index < -0.39 is 5.97 Å². The molecule has 0 saturated heterocycles. The number of nitrogens with one attached hydrogen (secondary N) is 1. The molecule has 2 aromatic rings. The molecule has 0 aromatic heterocycles. The van der Waals surface area contributed by atoms with Gasteiger partial charge in [-0.1, -0.05) is 0 Å². The van der Waals surface area contributed by atoms with Crippen molar-refractivity contribution in [2.75, 3.05) is 33.8 Å². The van der Waals surface area contributed by atoms with E-state index >= 15 is 0 Å². The summed E-state index contributed by atoms with van der Waals surface area (Å²) in [4.78, 5) is 24.0. The third kappa shape index (κ3) is 4.00. The predicted molar refractivity (Wildman–Crippen MR) is 91.8 cm³/mol. The first kappa shape index (κ1) is 18.1. The van der Waals surface area contributed by atoms with Crippen molar-refractivity contribution in [2.24, 2.45) is 0 Å². The van der Waals surface area contributed by atoms with Gasteiger partial charge in [0, 0.05) is 17.8 Å². The summed E-state index contributed by atoms with van der Waals surface area (Å²) >= 11 is 0. The maximum atomic E-state index is 12.6. The Morgan fingerprint density at radius 3 is 1.88 bits per heavy atom. The number of rotatable bonds is 6. The number of anilines is 1. The van der Waals surface area contributed by atoms with Gasteiger partial charge >= 0.3 is 5.97 Å². The Morgan fingerprint density at radius 1 is 0.800 bits per heavy atom. The van der Waals surface area contributed by atoms with Gasteiger partial charge in [-0.15, -0.1) is 0 Å². The minimum Gasteiger partial charge on any atom is -0.496 e. The van der Waals surface area contributed by atoms with Gasteiger partial charge in [-0.2, -0.15) is 0 Å². The summed E-state index contributed by atoms with van der Waals surface area (Å²) in [7, 11) is 5.75. The van der Waals surface area contributed by atoms with Crippen molar-refractivity contribution in [3.63, 3.8) is 0 Å². The molecule has 0 bridgehead atoms. The van der Waals surface area contributed by atoms with E-state index in [0.29, 0.717) is 28.5 Å². The number of carbonyl (C=O) groups excluding carboxylic acids is 2. The van der Waals surface area contributed by atoms with E-state index in [1.807, 2.05) is 0 Å². The van der Waals surface area contributed by atoms with Gasteiger partial charge < -0.3 is 24.3 Å². The van der Waals surface area contributed by atoms with Crippen molar-refractivity contribution < 1.29 is 28.5 Å². The lowest BCUT2D eigenvalue weighted by Crippen LogP contribution is -2.14. The van der Waals surface area contributed by atoms with Gasteiger partial charge in [0.2, 0.25) is 0 Å². The van der Waals surface area contributed by atoms with Crippen LogP contribution in [0.5, 0.6) is 17.2 Å². The number of methoxy groups -OCH3 is 4. The first-order valence-electron chi connectivity index (χ1n) is 7.33. The number of carbonyl (C=O) groups is 2. The summed E-state index contributed by atoms with van der Waals surface area (Å²) in [6.45, 7) is 0. The van der Waals surface area contributed by atoms with Crippen LogP contribution in [0.25, 0.3) is 0 Å². The first-order chi connectivity index (χ1) is 12.0. The Labute approximate surface area is 145 Å². The molecule has 0 fully saturated rings. The zero-order chi connectivity index (χ0) is 18.4. The quantitative estimate of drug-likeness (QED) is 0.811. The Hall–Kier alpha value is -3.22. The number of hydrogen-bond donors (Lipinski definition) is 1. The smallest absolute Gasteiger partial charge is 0.337 e. The molecule has 2 rings (SSSR count). The van der Waals surface area contributed by atoms with Gasteiger partial charge in [0.15, 0.2) is 11.5 Å². The zero-order valence-electron chi connectivity index (χ0n) is 14.4. The molecule has 1 N–H and O–H groups in total. The van der Waals surface area contributed by atoms with Crippen LogP contribution in [0, 0.1) is 0 Å². The second-order valence-corrected chi connectivity index (χ2v) is 4.93. The largest absolute Gasteiger partial charge is 0.496 e. The minimum absolute atomic E-state index is 0.289. The van der Waals surface area contributed by atoms with Crippen LogP contribution in [-0.4, -0.2) is 40.3 Å². The summed E-state index contributed by atoms with van der Waals surface area (Å²) < 4.78 is 20.3. The molecule has 0 aliphatic heterocycles. The number of hydrogen-bond acceptors (Lipinski definition) is 6. The van der Waals surface area contributed by atoms with Crippen molar-refractivity contribution in [1.82, 2.24) is 0 Å². The first-order valence-corrected chi connectivity index (χ1v) is 7.33. The summed E-state index contributed by atoms with van der Waals surface area (Å²) in [5.74, 6) is 0.386. The molecule has 0 heterocycles. The van der Waals surface area contributed by atoms with Crippen LogP contribution >= 0.6 is 0 Å². The molecular formula is C18H19NO6. The predicted octanol–water partition coefficient (Wildman–Crippen LogP) is 2.75. The highest BCUT2D eigenvalue weighted by atomic mass is 16.5. The molecule has 0 aliphatic carbocycles. The van der Waals surface area contributed by atoms with E-state index in [9.17, 15) is 9.59 Å². The van der Waals surface area contributed by atoms with Gasteiger partial charge in [-0.3, -0.25) is 4.79 Å². The van der Waals surface area contributed by atoms with Crippen LogP contribution in [0.1, 0.15) is 20.7 Å². The van der Waals surface area contributed by atoms with Crippen LogP contribution < -0.4 is 19.5 Å². The van der Waals surface area contributed by atoms with Crippen LogP contribution in [0.2, 0.25) is 0 Å². The fraction of sp³-hybridized carbons (Fsp3) is 0.222. The fourth-order valence-corrected chi connectivity index (χ4v) is 2.21. The maximum Gasteiger partial charge on any atom is 0.337 e. The normalized spacial score (nSPS) is 9.92. The average molecular weight is 345 g/mol. The third-order valence-electron chi connectivity index (χ3n) is 3.51. The molecule has 0 atom stereocenters. The minimum atomic E-state index is -0.445. The van der Waals surface area contributed by atoms with E-state index in [0.717, 1.165) is 0 Å². The van der Waals surface area contributed by atoms with Crippen molar-refractivity contribution in [3.8, 4) is 17.2 Å². The molecule has 7 heteroatoms. The van der Waals surface area contributed by atoms with Gasteiger partial charge in [0.1, 0.15) is 5.75 Å². The Balaban J connectivity index is 2.27. The van der Waals surface area contributed by atoms with Gasteiger partial charge in [-0.05, 0) is 24.3 Å². The molecule has 25 heavy (non-hydrogen) atoms. The highest BCUT2D eigenvalue weighted by Gasteiger charge is 2.18. The number of amides is 1. The molecule has 0 unspecified atom stereocenters. The van der Waals surface area contributed by atoms with Crippen molar-refractivity contribution in [3.05, 3.63) is 47.5 Å². The average Bonchev–Trinajstić information content (AvgIpc) is 2.66. The van der Waals surface area contributed by atoms with Gasteiger partial charge in [-0.25, -0.2) is 4.79 Å². The second kappa shape index (κ2) is 8.05. The highest BCUT2D eigenvalue weighted by Crippen LogP contribution is 2.34. The monoisotopic (exact) mass is 345 g/mol. The number of benzene rings is 2. The second-order valence-electron chi connectivity index (χ2n) is 4.93. The van der Waals surface area contributed by atoms with Gasteiger partial charge in [0.05, 0.1) is 39.6 Å². The lowest BCUT2D eigenvalue weighted by Gasteiger charge is -2.14. The molecule has 0 aliphatic rings. The Bertz CT molecular complexity index is 770. The highest BCUT2D eigenvalue weighted by molar-refractivity contribution is 6.07. The summed E-state index contributed by atoms with van der Waals surface area (Å²) in [5.41, 5.74) is 1.20. The number of esters is 1. The fourth-order valence-electron chi connectivity index (χ4n) is 2.21.